The Morgan fingerprint density at radius 3 is 2.33 bits per heavy atom. The first-order valence-corrected chi connectivity index (χ1v) is 5.66. The molecule has 0 radical (unpaired) electrons. The predicted octanol–water partition coefficient (Wildman–Crippen LogP) is 2.61. The van der Waals surface area contributed by atoms with Crippen LogP contribution in [0.2, 0.25) is 0 Å². The lowest BCUT2D eigenvalue weighted by Gasteiger charge is -2.08. The molecule has 0 aliphatic carbocycles. The third-order valence-corrected chi connectivity index (χ3v) is 2.75. The highest BCUT2D eigenvalue weighted by Crippen LogP contribution is 2.23. The van der Waals surface area contributed by atoms with E-state index in [1.807, 2.05) is 0 Å². The Hall–Kier alpha value is -1.83. The van der Waals surface area contributed by atoms with Gasteiger partial charge < -0.3 is 10.5 Å². The maximum atomic E-state index is 11.9. The molecule has 0 fully saturated rings. The standard InChI is InChI=1S/C10H8F3N3OS/c11-10(12,13)17-7-3-1-6(2-4-7)5-8-15-16-9(14)18-8/h1-4H,5H2,(H2,14,16). The van der Waals surface area contributed by atoms with Gasteiger partial charge in [-0.1, -0.05) is 23.5 Å². The van der Waals surface area contributed by atoms with Gasteiger partial charge in [-0.15, -0.1) is 23.4 Å². The van der Waals surface area contributed by atoms with Crippen LogP contribution in [-0.2, 0) is 6.42 Å². The van der Waals surface area contributed by atoms with E-state index in [2.05, 4.69) is 14.9 Å². The quantitative estimate of drug-likeness (QED) is 0.935. The summed E-state index contributed by atoms with van der Waals surface area (Å²) in [5.41, 5.74) is 6.23. The van der Waals surface area contributed by atoms with Gasteiger partial charge in [0.15, 0.2) is 0 Å². The van der Waals surface area contributed by atoms with E-state index in [1.54, 1.807) is 12.1 Å². The molecule has 8 heteroatoms. The number of nitrogens with zero attached hydrogens (tertiary/aromatic N) is 2. The Morgan fingerprint density at radius 2 is 1.83 bits per heavy atom. The fourth-order valence-electron chi connectivity index (χ4n) is 1.32. The molecule has 0 unspecified atom stereocenters. The summed E-state index contributed by atoms with van der Waals surface area (Å²) in [5, 5.41) is 8.55. The molecule has 0 aliphatic rings. The van der Waals surface area contributed by atoms with Crippen molar-refractivity contribution in [1.29, 1.82) is 0 Å². The number of anilines is 1. The van der Waals surface area contributed by atoms with Crippen LogP contribution in [0.1, 0.15) is 10.6 Å². The molecule has 0 spiro atoms. The van der Waals surface area contributed by atoms with E-state index in [9.17, 15) is 13.2 Å². The second kappa shape index (κ2) is 4.81. The lowest BCUT2D eigenvalue weighted by Crippen LogP contribution is -2.17. The molecule has 0 atom stereocenters. The molecule has 0 saturated carbocycles. The summed E-state index contributed by atoms with van der Waals surface area (Å²) >= 11 is 1.24. The first-order valence-electron chi connectivity index (χ1n) is 4.85. The van der Waals surface area contributed by atoms with Crippen molar-refractivity contribution in [3.05, 3.63) is 34.8 Å². The van der Waals surface area contributed by atoms with Crippen LogP contribution in [-0.4, -0.2) is 16.6 Å². The zero-order valence-electron chi connectivity index (χ0n) is 8.94. The zero-order valence-corrected chi connectivity index (χ0v) is 9.76. The maximum absolute atomic E-state index is 11.9. The van der Waals surface area contributed by atoms with Crippen LogP contribution in [0.4, 0.5) is 18.3 Å². The van der Waals surface area contributed by atoms with Crippen molar-refractivity contribution in [2.75, 3.05) is 5.73 Å². The highest BCUT2D eigenvalue weighted by atomic mass is 32.1. The zero-order chi connectivity index (χ0) is 13.2. The van der Waals surface area contributed by atoms with Gasteiger partial charge in [0, 0.05) is 6.42 Å². The van der Waals surface area contributed by atoms with Crippen LogP contribution in [0.25, 0.3) is 0 Å². The fraction of sp³-hybridized carbons (Fsp3) is 0.200. The first kappa shape index (κ1) is 12.6. The van der Waals surface area contributed by atoms with Gasteiger partial charge in [0.25, 0.3) is 0 Å². The van der Waals surface area contributed by atoms with Gasteiger partial charge in [-0.3, -0.25) is 0 Å². The van der Waals surface area contributed by atoms with E-state index in [-0.39, 0.29) is 5.75 Å². The largest absolute Gasteiger partial charge is 0.573 e. The summed E-state index contributed by atoms with van der Waals surface area (Å²) in [6.45, 7) is 0. The molecule has 4 nitrogen and oxygen atoms in total. The van der Waals surface area contributed by atoms with E-state index in [4.69, 9.17) is 5.73 Å². The Morgan fingerprint density at radius 1 is 1.17 bits per heavy atom. The molecule has 96 valence electrons. The van der Waals surface area contributed by atoms with E-state index >= 15 is 0 Å². The average Bonchev–Trinajstić information content (AvgIpc) is 2.65. The summed E-state index contributed by atoms with van der Waals surface area (Å²) < 4.78 is 39.6. The molecule has 1 heterocycles. The van der Waals surface area contributed by atoms with Crippen LogP contribution in [0, 0.1) is 0 Å². The summed E-state index contributed by atoms with van der Waals surface area (Å²) in [6, 6.07) is 5.59. The van der Waals surface area contributed by atoms with Crippen molar-refractivity contribution in [1.82, 2.24) is 10.2 Å². The molecule has 18 heavy (non-hydrogen) atoms. The van der Waals surface area contributed by atoms with Gasteiger partial charge in [0.2, 0.25) is 5.13 Å². The van der Waals surface area contributed by atoms with E-state index in [1.165, 1.54) is 23.5 Å². The Balaban J connectivity index is 2.04. The van der Waals surface area contributed by atoms with E-state index in [0.717, 1.165) is 5.56 Å². The molecule has 2 rings (SSSR count). The van der Waals surface area contributed by atoms with Crippen LogP contribution in [0.15, 0.2) is 24.3 Å². The minimum absolute atomic E-state index is 0.247. The van der Waals surface area contributed by atoms with E-state index in [0.29, 0.717) is 16.6 Å². The van der Waals surface area contributed by atoms with E-state index < -0.39 is 6.36 Å². The van der Waals surface area contributed by atoms with Crippen LogP contribution >= 0.6 is 11.3 Å². The maximum Gasteiger partial charge on any atom is 0.573 e. The molecular weight excluding hydrogens is 267 g/mol. The summed E-state index contributed by atoms with van der Waals surface area (Å²) in [5.74, 6) is -0.247. The summed E-state index contributed by atoms with van der Waals surface area (Å²) in [6.07, 6.45) is -4.20. The van der Waals surface area contributed by atoms with Crippen molar-refractivity contribution in [3.63, 3.8) is 0 Å². The number of alkyl halides is 3. The number of halogens is 3. The molecule has 1 aromatic carbocycles. The van der Waals surface area contributed by atoms with Crippen molar-refractivity contribution in [3.8, 4) is 5.75 Å². The SMILES string of the molecule is Nc1nnc(Cc2ccc(OC(F)(F)F)cc2)s1. The van der Waals surface area contributed by atoms with Crippen molar-refractivity contribution in [2.24, 2.45) is 0 Å². The topological polar surface area (TPSA) is 61.0 Å². The Bertz CT molecular complexity index is 524. The van der Waals surface area contributed by atoms with Gasteiger partial charge in [0.1, 0.15) is 10.8 Å². The minimum atomic E-state index is -4.67. The number of ether oxygens (including phenoxy) is 1. The number of rotatable bonds is 3. The number of hydrogen-bond acceptors (Lipinski definition) is 5. The molecule has 2 N–H and O–H groups in total. The van der Waals surface area contributed by atoms with Crippen molar-refractivity contribution >= 4 is 16.5 Å². The highest BCUT2D eigenvalue weighted by Gasteiger charge is 2.30. The number of nitrogen functional groups attached to an aromatic ring is 1. The predicted molar refractivity (Wildman–Crippen MR) is 60.3 cm³/mol. The Kier molecular flexibility index (Phi) is 3.37. The van der Waals surface area contributed by atoms with Crippen molar-refractivity contribution in [2.45, 2.75) is 12.8 Å². The minimum Gasteiger partial charge on any atom is -0.406 e. The lowest BCUT2D eigenvalue weighted by molar-refractivity contribution is -0.274. The molecule has 1 aromatic heterocycles. The third kappa shape index (κ3) is 3.59. The summed E-state index contributed by atoms with van der Waals surface area (Å²) in [7, 11) is 0. The number of hydrogen-bond donors (Lipinski definition) is 1. The van der Waals surface area contributed by atoms with Gasteiger partial charge >= 0.3 is 6.36 Å². The number of benzene rings is 1. The van der Waals surface area contributed by atoms with Gasteiger partial charge in [0.05, 0.1) is 0 Å². The molecule has 0 amide bonds. The first-order chi connectivity index (χ1) is 8.42. The smallest absolute Gasteiger partial charge is 0.406 e. The molecular formula is C10H8F3N3OS. The molecule has 2 aromatic rings. The molecule has 0 bridgehead atoms. The summed E-state index contributed by atoms with van der Waals surface area (Å²) in [4.78, 5) is 0. The number of nitrogens with two attached hydrogens (primary N) is 1. The fourth-order valence-corrected chi connectivity index (χ4v) is 1.97. The number of aromatic nitrogens is 2. The second-order valence-corrected chi connectivity index (χ2v) is 4.50. The normalized spacial score (nSPS) is 11.5. The third-order valence-electron chi connectivity index (χ3n) is 1.99. The highest BCUT2D eigenvalue weighted by molar-refractivity contribution is 7.15. The van der Waals surface area contributed by atoms with Crippen LogP contribution in [0.3, 0.4) is 0 Å². The lowest BCUT2D eigenvalue weighted by atomic mass is 10.1. The monoisotopic (exact) mass is 275 g/mol. The second-order valence-electron chi connectivity index (χ2n) is 3.40. The molecule has 0 aliphatic heterocycles. The Labute approximate surface area is 104 Å². The van der Waals surface area contributed by atoms with Gasteiger partial charge in [-0.2, -0.15) is 0 Å². The molecule has 0 saturated heterocycles. The van der Waals surface area contributed by atoms with Gasteiger partial charge in [-0.05, 0) is 17.7 Å². The van der Waals surface area contributed by atoms with Gasteiger partial charge in [-0.25, -0.2) is 0 Å². The van der Waals surface area contributed by atoms with Crippen LogP contribution < -0.4 is 10.5 Å². The van der Waals surface area contributed by atoms with Crippen molar-refractivity contribution < 1.29 is 17.9 Å². The van der Waals surface area contributed by atoms with Crippen LogP contribution in [0.5, 0.6) is 5.75 Å². The average molecular weight is 275 g/mol.